The summed E-state index contributed by atoms with van der Waals surface area (Å²) in [7, 11) is 1.76. The molecule has 0 amide bonds. The summed E-state index contributed by atoms with van der Waals surface area (Å²) in [5.41, 5.74) is -0.0486. The summed E-state index contributed by atoms with van der Waals surface area (Å²) in [4.78, 5) is 0. The lowest BCUT2D eigenvalue weighted by Crippen LogP contribution is -2.25. The number of hydrogen-bond donors (Lipinski definition) is 1. The predicted octanol–water partition coefficient (Wildman–Crippen LogP) is 2.35. The van der Waals surface area contributed by atoms with Crippen molar-refractivity contribution in [2.24, 2.45) is 0 Å². The second-order valence-corrected chi connectivity index (χ2v) is 5.26. The molecule has 0 saturated carbocycles. The number of rotatable bonds is 8. The first-order valence-corrected chi connectivity index (χ1v) is 6.50. The number of methoxy groups -OCH3 is 1. The van der Waals surface area contributed by atoms with E-state index in [4.69, 9.17) is 9.47 Å². The Balaban J connectivity index is 1.88. The minimum Gasteiger partial charge on any atom is -0.381 e. The lowest BCUT2D eigenvalue weighted by molar-refractivity contribution is -0.0102. The van der Waals surface area contributed by atoms with E-state index in [0.717, 1.165) is 25.7 Å². The van der Waals surface area contributed by atoms with Crippen LogP contribution >= 0.6 is 0 Å². The Labute approximate surface area is 99.9 Å². The van der Waals surface area contributed by atoms with Crippen molar-refractivity contribution in [3.8, 4) is 0 Å². The highest BCUT2D eigenvalue weighted by Gasteiger charge is 2.16. The number of hydrogen-bond acceptors (Lipinski definition) is 3. The van der Waals surface area contributed by atoms with Crippen LogP contribution in [-0.4, -0.2) is 38.5 Å². The van der Waals surface area contributed by atoms with E-state index in [1.807, 2.05) is 0 Å². The minimum atomic E-state index is -0.0486. The van der Waals surface area contributed by atoms with Gasteiger partial charge in [0.15, 0.2) is 0 Å². The Hall–Kier alpha value is -0.120. The van der Waals surface area contributed by atoms with Crippen molar-refractivity contribution in [2.75, 3.05) is 26.9 Å². The second kappa shape index (κ2) is 7.25. The predicted molar refractivity (Wildman–Crippen MR) is 66.8 cm³/mol. The van der Waals surface area contributed by atoms with E-state index in [-0.39, 0.29) is 5.60 Å². The van der Waals surface area contributed by atoms with Crippen molar-refractivity contribution in [1.82, 2.24) is 5.32 Å². The average Bonchev–Trinajstić information content (AvgIpc) is 2.76. The first kappa shape index (κ1) is 13.9. The molecule has 96 valence electrons. The van der Waals surface area contributed by atoms with Crippen molar-refractivity contribution in [3.63, 3.8) is 0 Å². The molecule has 1 unspecified atom stereocenters. The van der Waals surface area contributed by atoms with E-state index < -0.39 is 0 Å². The van der Waals surface area contributed by atoms with Crippen LogP contribution in [0.3, 0.4) is 0 Å². The molecule has 1 heterocycles. The van der Waals surface area contributed by atoms with Gasteiger partial charge in [-0.1, -0.05) is 0 Å². The van der Waals surface area contributed by atoms with E-state index in [2.05, 4.69) is 19.2 Å². The fourth-order valence-corrected chi connectivity index (χ4v) is 1.96. The molecule has 1 saturated heterocycles. The van der Waals surface area contributed by atoms with Crippen molar-refractivity contribution in [2.45, 2.75) is 57.6 Å². The Morgan fingerprint density at radius 2 is 2.12 bits per heavy atom. The van der Waals surface area contributed by atoms with E-state index >= 15 is 0 Å². The second-order valence-electron chi connectivity index (χ2n) is 5.26. The molecule has 1 aliphatic heterocycles. The van der Waals surface area contributed by atoms with Crippen molar-refractivity contribution in [1.29, 1.82) is 0 Å². The van der Waals surface area contributed by atoms with Gasteiger partial charge in [-0.25, -0.2) is 0 Å². The molecule has 16 heavy (non-hydrogen) atoms. The number of nitrogens with one attached hydrogen (secondary N) is 1. The topological polar surface area (TPSA) is 30.5 Å². The molecule has 0 bridgehead atoms. The van der Waals surface area contributed by atoms with Crippen molar-refractivity contribution >= 4 is 0 Å². The van der Waals surface area contributed by atoms with Gasteiger partial charge in [0.25, 0.3) is 0 Å². The van der Waals surface area contributed by atoms with Gasteiger partial charge in [0.2, 0.25) is 0 Å². The first-order chi connectivity index (χ1) is 7.64. The molecule has 1 aliphatic rings. The summed E-state index contributed by atoms with van der Waals surface area (Å²) >= 11 is 0. The molecular formula is C13H27NO2. The Kier molecular flexibility index (Phi) is 6.32. The van der Waals surface area contributed by atoms with Crippen LogP contribution in [0.2, 0.25) is 0 Å². The van der Waals surface area contributed by atoms with Gasteiger partial charge in [0.05, 0.1) is 5.60 Å². The maximum Gasteiger partial charge on any atom is 0.0644 e. The summed E-state index contributed by atoms with van der Waals surface area (Å²) in [6.07, 6.45) is 6.08. The van der Waals surface area contributed by atoms with Crippen molar-refractivity contribution in [3.05, 3.63) is 0 Å². The molecule has 1 fully saturated rings. The van der Waals surface area contributed by atoms with Gasteiger partial charge < -0.3 is 14.8 Å². The lowest BCUT2D eigenvalue weighted by atomic mass is 10.1. The lowest BCUT2D eigenvalue weighted by Gasteiger charge is -2.22. The third-order valence-electron chi connectivity index (χ3n) is 3.40. The smallest absolute Gasteiger partial charge is 0.0644 e. The summed E-state index contributed by atoms with van der Waals surface area (Å²) < 4.78 is 11.0. The first-order valence-electron chi connectivity index (χ1n) is 6.50. The standard InChI is InChI=1S/C13H27NO2/c1-13(2,15-3)8-11-16-10-5-7-12-6-4-9-14-12/h12,14H,4-11H2,1-3H3. The summed E-state index contributed by atoms with van der Waals surface area (Å²) in [5.74, 6) is 0. The van der Waals surface area contributed by atoms with Gasteiger partial charge in [0, 0.05) is 26.4 Å². The summed E-state index contributed by atoms with van der Waals surface area (Å²) in [6, 6.07) is 0.749. The molecule has 1 N–H and O–H groups in total. The van der Waals surface area contributed by atoms with Crippen LogP contribution in [0.15, 0.2) is 0 Å². The molecule has 0 aliphatic carbocycles. The van der Waals surface area contributed by atoms with E-state index in [9.17, 15) is 0 Å². The Morgan fingerprint density at radius 1 is 1.31 bits per heavy atom. The van der Waals surface area contributed by atoms with Crippen LogP contribution < -0.4 is 5.32 Å². The van der Waals surface area contributed by atoms with Gasteiger partial charge in [-0.2, -0.15) is 0 Å². The monoisotopic (exact) mass is 229 g/mol. The Bertz CT molecular complexity index is 177. The van der Waals surface area contributed by atoms with E-state index in [0.29, 0.717) is 0 Å². The fraction of sp³-hybridized carbons (Fsp3) is 1.00. The summed E-state index contributed by atoms with van der Waals surface area (Å²) in [5, 5.41) is 3.51. The Morgan fingerprint density at radius 3 is 2.75 bits per heavy atom. The van der Waals surface area contributed by atoms with Gasteiger partial charge in [-0.05, 0) is 52.5 Å². The largest absolute Gasteiger partial charge is 0.381 e. The maximum atomic E-state index is 5.62. The molecule has 0 aromatic rings. The van der Waals surface area contributed by atoms with Crippen molar-refractivity contribution < 1.29 is 9.47 Å². The maximum absolute atomic E-state index is 5.62. The van der Waals surface area contributed by atoms with Crippen LogP contribution in [0, 0.1) is 0 Å². The third kappa shape index (κ3) is 5.83. The molecule has 0 aromatic heterocycles. The normalized spacial score (nSPS) is 21.6. The van der Waals surface area contributed by atoms with E-state index in [1.54, 1.807) is 7.11 Å². The molecule has 1 rings (SSSR count). The highest BCUT2D eigenvalue weighted by Crippen LogP contribution is 2.13. The molecule has 1 atom stereocenters. The van der Waals surface area contributed by atoms with Gasteiger partial charge in [-0.15, -0.1) is 0 Å². The molecule has 0 spiro atoms. The zero-order valence-electron chi connectivity index (χ0n) is 11.1. The van der Waals surface area contributed by atoms with Crippen LogP contribution in [0.1, 0.15) is 46.0 Å². The van der Waals surface area contributed by atoms with Gasteiger partial charge in [-0.3, -0.25) is 0 Å². The van der Waals surface area contributed by atoms with Crippen LogP contribution in [0.4, 0.5) is 0 Å². The zero-order valence-corrected chi connectivity index (χ0v) is 11.1. The molecule has 0 radical (unpaired) electrons. The molecule has 3 nitrogen and oxygen atoms in total. The van der Waals surface area contributed by atoms with Crippen LogP contribution in [-0.2, 0) is 9.47 Å². The van der Waals surface area contributed by atoms with Crippen LogP contribution in [0.25, 0.3) is 0 Å². The fourth-order valence-electron chi connectivity index (χ4n) is 1.96. The highest BCUT2D eigenvalue weighted by atomic mass is 16.5. The van der Waals surface area contributed by atoms with E-state index in [1.165, 1.54) is 32.2 Å². The molecule has 3 heteroatoms. The SMILES string of the molecule is COC(C)(C)CCOCCCC1CCCN1. The van der Waals surface area contributed by atoms with Crippen LogP contribution in [0.5, 0.6) is 0 Å². The molecule has 0 aromatic carbocycles. The van der Waals surface area contributed by atoms with Gasteiger partial charge in [0.1, 0.15) is 0 Å². The third-order valence-corrected chi connectivity index (χ3v) is 3.40. The quantitative estimate of drug-likeness (QED) is 0.648. The summed E-state index contributed by atoms with van der Waals surface area (Å²) in [6.45, 7) is 7.09. The molecular weight excluding hydrogens is 202 g/mol. The highest BCUT2D eigenvalue weighted by molar-refractivity contribution is 4.73. The van der Waals surface area contributed by atoms with Gasteiger partial charge >= 0.3 is 0 Å². The zero-order chi connectivity index (χ0) is 11.9. The minimum absolute atomic E-state index is 0.0486. The number of ether oxygens (including phenoxy) is 2. The average molecular weight is 229 g/mol.